The molecule has 1 rings (SSSR count). The lowest BCUT2D eigenvalue weighted by Crippen LogP contribution is -2.20. The van der Waals surface area contributed by atoms with Crippen LogP contribution >= 0.6 is 21.6 Å². The summed E-state index contributed by atoms with van der Waals surface area (Å²) in [6, 6.07) is 0. The number of carbonyl (C=O) groups excluding carboxylic acids is 1. The zero-order chi connectivity index (χ0) is 11.8. The minimum Gasteiger partial charge on any atom is -0.465 e. The van der Waals surface area contributed by atoms with E-state index in [2.05, 4.69) is 6.58 Å². The van der Waals surface area contributed by atoms with Crippen LogP contribution in [-0.4, -0.2) is 41.4 Å². The molecule has 1 aliphatic rings. The fraction of sp³-hybridized carbons (Fsp3) is 0.636. The maximum Gasteiger partial charge on any atom is 0.310 e. The van der Waals surface area contributed by atoms with Crippen molar-refractivity contribution in [3.63, 3.8) is 0 Å². The molecule has 0 bridgehead atoms. The summed E-state index contributed by atoms with van der Waals surface area (Å²) in [6.07, 6.45) is 4.57. The van der Waals surface area contributed by atoms with Gasteiger partial charge in [0.05, 0.1) is 12.5 Å². The normalized spacial score (nSPS) is 17.4. The molecule has 0 amide bonds. The van der Waals surface area contributed by atoms with E-state index in [1.165, 1.54) is 0 Å². The number of esters is 1. The molecule has 0 saturated carbocycles. The van der Waals surface area contributed by atoms with Crippen LogP contribution in [-0.2, 0) is 9.53 Å². The van der Waals surface area contributed by atoms with Crippen molar-refractivity contribution < 1.29 is 14.1 Å². The molecule has 0 spiro atoms. The standard InChI is InChI=1S/C11H18NO2S2/c1-3-12(4-2)6-5-7-14-11(13)10-8-15-16-9-10/h3-4,10H,1,5-9H2,2H3/q+1. The van der Waals surface area contributed by atoms with Gasteiger partial charge >= 0.3 is 5.97 Å². The molecule has 1 saturated heterocycles. The van der Waals surface area contributed by atoms with Gasteiger partial charge in [-0.3, -0.25) is 4.79 Å². The van der Waals surface area contributed by atoms with E-state index >= 15 is 0 Å². The summed E-state index contributed by atoms with van der Waals surface area (Å²) in [7, 11) is 3.50. The van der Waals surface area contributed by atoms with Crippen LogP contribution in [0.3, 0.4) is 0 Å². The summed E-state index contributed by atoms with van der Waals surface area (Å²) in [4.78, 5) is 11.5. The van der Waals surface area contributed by atoms with Gasteiger partial charge in [0.2, 0.25) is 0 Å². The lowest BCUT2D eigenvalue weighted by molar-refractivity contribution is -0.453. The van der Waals surface area contributed by atoms with Crippen LogP contribution in [0.1, 0.15) is 13.3 Å². The monoisotopic (exact) mass is 260 g/mol. The molecule has 0 N–H and O–H groups in total. The molecule has 0 aliphatic carbocycles. The van der Waals surface area contributed by atoms with E-state index in [9.17, 15) is 4.79 Å². The fourth-order valence-corrected chi connectivity index (χ4v) is 4.05. The third-order valence-electron chi connectivity index (χ3n) is 2.33. The molecule has 3 nitrogen and oxygen atoms in total. The Morgan fingerprint density at radius 3 is 2.81 bits per heavy atom. The second-order valence-electron chi connectivity index (χ2n) is 3.47. The summed E-state index contributed by atoms with van der Waals surface area (Å²) >= 11 is 0. The molecule has 0 radical (unpaired) electrons. The molecule has 0 aromatic carbocycles. The minimum absolute atomic E-state index is 0.0388. The molecule has 0 aromatic rings. The second-order valence-corrected chi connectivity index (χ2v) is 6.02. The first-order valence-electron chi connectivity index (χ1n) is 5.36. The van der Waals surface area contributed by atoms with Crippen molar-refractivity contribution in [1.29, 1.82) is 0 Å². The Morgan fingerprint density at radius 2 is 2.25 bits per heavy atom. The first kappa shape index (κ1) is 13.6. The number of rotatable bonds is 6. The van der Waals surface area contributed by atoms with Gasteiger partial charge in [-0.1, -0.05) is 21.6 Å². The molecule has 5 heteroatoms. The number of nitrogens with zero attached hydrogens (tertiary/aromatic N) is 1. The van der Waals surface area contributed by atoms with Gasteiger partial charge in [0.1, 0.15) is 6.21 Å². The third kappa shape index (κ3) is 4.61. The molecule has 0 atom stereocenters. The van der Waals surface area contributed by atoms with Gasteiger partial charge in [-0.05, 0) is 6.58 Å². The van der Waals surface area contributed by atoms with E-state index in [-0.39, 0.29) is 11.9 Å². The van der Waals surface area contributed by atoms with E-state index in [4.69, 9.17) is 4.74 Å². The average molecular weight is 260 g/mol. The molecule has 1 heterocycles. The molecular formula is C11H18NO2S2+. The molecular weight excluding hydrogens is 242 g/mol. The summed E-state index contributed by atoms with van der Waals surface area (Å²) in [6.45, 7) is 7.00. The number of carbonyl (C=O) groups is 1. The Morgan fingerprint density at radius 1 is 1.56 bits per heavy atom. The van der Waals surface area contributed by atoms with Crippen molar-refractivity contribution in [1.82, 2.24) is 0 Å². The van der Waals surface area contributed by atoms with Crippen LogP contribution in [0.4, 0.5) is 0 Å². The summed E-state index contributed by atoms with van der Waals surface area (Å²) in [5, 5.41) is 0. The Labute approximate surface area is 105 Å². The lowest BCUT2D eigenvalue weighted by Gasteiger charge is -2.07. The molecule has 0 unspecified atom stereocenters. The number of hydrogen-bond acceptors (Lipinski definition) is 4. The summed E-state index contributed by atoms with van der Waals surface area (Å²) in [5.41, 5.74) is 0. The highest BCUT2D eigenvalue weighted by Gasteiger charge is 2.25. The van der Waals surface area contributed by atoms with Gasteiger partial charge in [-0.25, -0.2) is 4.58 Å². The molecule has 16 heavy (non-hydrogen) atoms. The Hall–Kier alpha value is -0.420. The molecule has 90 valence electrons. The topological polar surface area (TPSA) is 29.3 Å². The van der Waals surface area contributed by atoms with Crippen molar-refractivity contribution in [2.24, 2.45) is 5.92 Å². The van der Waals surface area contributed by atoms with Crippen LogP contribution in [0, 0.1) is 5.92 Å². The van der Waals surface area contributed by atoms with Gasteiger partial charge < -0.3 is 4.74 Å². The largest absolute Gasteiger partial charge is 0.465 e. The number of ether oxygens (including phenoxy) is 1. The smallest absolute Gasteiger partial charge is 0.310 e. The van der Waals surface area contributed by atoms with Crippen molar-refractivity contribution >= 4 is 33.8 Å². The van der Waals surface area contributed by atoms with Crippen molar-refractivity contribution in [3.05, 3.63) is 12.8 Å². The van der Waals surface area contributed by atoms with E-state index in [1.54, 1.807) is 27.8 Å². The Kier molecular flexibility index (Phi) is 6.64. The van der Waals surface area contributed by atoms with Crippen LogP contribution < -0.4 is 0 Å². The van der Waals surface area contributed by atoms with Gasteiger partial charge in [-0.15, -0.1) is 0 Å². The van der Waals surface area contributed by atoms with Crippen LogP contribution in [0.25, 0.3) is 0 Å². The highest BCUT2D eigenvalue weighted by Crippen LogP contribution is 2.35. The van der Waals surface area contributed by atoms with Gasteiger partial charge in [0.25, 0.3) is 0 Å². The van der Waals surface area contributed by atoms with Gasteiger partial charge in [-0.2, -0.15) is 0 Å². The van der Waals surface area contributed by atoms with Gasteiger partial charge in [0.15, 0.2) is 12.7 Å². The van der Waals surface area contributed by atoms with E-state index in [1.807, 2.05) is 17.7 Å². The Bertz CT molecular complexity index is 273. The lowest BCUT2D eigenvalue weighted by atomic mass is 10.2. The fourth-order valence-electron chi connectivity index (χ4n) is 1.31. The molecule has 1 aliphatic heterocycles. The molecule has 0 aromatic heterocycles. The minimum atomic E-state index is -0.0388. The van der Waals surface area contributed by atoms with Gasteiger partial charge in [0, 0.05) is 24.9 Å². The first-order valence-corrected chi connectivity index (χ1v) is 7.85. The number of hydrogen-bond donors (Lipinski definition) is 0. The van der Waals surface area contributed by atoms with Crippen molar-refractivity contribution in [2.45, 2.75) is 13.3 Å². The maximum absolute atomic E-state index is 11.5. The zero-order valence-electron chi connectivity index (χ0n) is 9.55. The average Bonchev–Trinajstić information content (AvgIpc) is 2.82. The maximum atomic E-state index is 11.5. The summed E-state index contributed by atoms with van der Waals surface area (Å²) < 4.78 is 7.21. The second kappa shape index (κ2) is 7.79. The SMILES string of the molecule is C=C[N+](=CC)CCCOC(=O)C1CSSC1. The van der Waals surface area contributed by atoms with Crippen LogP contribution in [0.15, 0.2) is 12.8 Å². The molecule has 1 fully saturated rings. The van der Waals surface area contributed by atoms with Crippen molar-refractivity contribution in [3.8, 4) is 0 Å². The zero-order valence-corrected chi connectivity index (χ0v) is 11.2. The quantitative estimate of drug-likeness (QED) is 0.241. The highest BCUT2D eigenvalue weighted by molar-refractivity contribution is 8.77. The predicted octanol–water partition coefficient (Wildman–Crippen LogP) is 2.18. The van der Waals surface area contributed by atoms with Crippen LogP contribution in [0.2, 0.25) is 0 Å². The third-order valence-corrected chi connectivity index (χ3v) is 4.89. The highest BCUT2D eigenvalue weighted by atomic mass is 33.1. The van der Waals surface area contributed by atoms with Crippen LogP contribution in [0.5, 0.6) is 0 Å². The predicted molar refractivity (Wildman–Crippen MR) is 71.0 cm³/mol. The van der Waals surface area contributed by atoms with E-state index in [0.29, 0.717) is 6.61 Å². The van der Waals surface area contributed by atoms with E-state index < -0.39 is 0 Å². The van der Waals surface area contributed by atoms with E-state index in [0.717, 1.165) is 24.5 Å². The summed E-state index contributed by atoms with van der Waals surface area (Å²) in [5.74, 6) is 1.85. The van der Waals surface area contributed by atoms with Crippen molar-refractivity contribution in [2.75, 3.05) is 24.7 Å². The first-order chi connectivity index (χ1) is 7.77. The Balaban J connectivity index is 2.10.